The number of amides is 1. The van der Waals surface area contributed by atoms with Crippen LogP contribution in [0.1, 0.15) is 46.6 Å². The molecule has 0 heterocycles. The molecular formula is C19H32N4O2. The van der Waals surface area contributed by atoms with E-state index in [-0.39, 0.29) is 12.1 Å². The molecule has 1 atom stereocenters. The van der Waals surface area contributed by atoms with E-state index in [4.69, 9.17) is 10.5 Å². The van der Waals surface area contributed by atoms with Gasteiger partial charge < -0.3 is 20.7 Å². The summed E-state index contributed by atoms with van der Waals surface area (Å²) in [7, 11) is 1.74. The number of aryl methyl sites for hydroxylation is 1. The monoisotopic (exact) mass is 348 g/mol. The number of nitrogens with two attached hydrogens (primary N) is 1. The molecule has 1 amide bonds. The molecule has 0 aromatic heterocycles. The lowest BCUT2D eigenvalue weighted by atomic mass is 10.1. The molecule has 0 saturated heterocycles. The zero-order valence-electron chi connectivity index (χ0n) is 16.3. The number of nitrogens with zero attached hydrogens (tertiary/aromatic N) is 2. The van der Waals surface area contributed by atoms with Crippen LogP contribution in [0.3, 0.4) is 0 Å². The summed E-state index contributed by atoms with van der Waals surface area (Å²) in [4.78, 5) is 18.0. The molecule has 1 aromatic carbocycles. The normalized spacial score (nSPS) is 13.3. The van der Waals surface area contributed by atoms with E-state index >= 15 is 0 Å². The molecule has 0 spiro atoms. The summed E-state index contributed by atoms with van der Waals surface area (Å²) in [6.07, 6.45) is 1.35. The Morgan fingerprint density at radius 3 is 2.68 bits per heavy atom. The lowest BCUT2D eigenvalue weighted by Crippen LogP contribution is -2.39. The molecule has 1 unspecified atom stereocenters. The van der Waals surface area contributed by atoms with Gasteiger partial charge in [-0.05, 0) is 58.2 Å². The predicted octanol–water partition coefficient (Wildman–Crippen LogP) is 3.62. The van der Waals surface area contributed by atoms with E-state index in [0.29, 0.717) is 18.9 Å². The van der Waals surface area contributed by atoms with Crippen LogP contribution in [0.15, 0.2) is 29.3 Å². The molecule has 0 radical (unpaired) electrons. The van der Waals surface area contributed by atoms with Crippen molar-refractivity contribution in [3.05, 3.63) is 29.8 Å². The Hall–Kier alpha value is -2.24. The van der Waals surface area contributed by atoms with Crippen LogP contribution >= 0.6 is 0 Å². The Balaban J connectivity index is 2.48. The molecule has 1 rings (SSSR count). The number of ether oxygens (including phenoxy) is 1. The molecule has 0 bridgehead atoms. The number of aliphatic imine (C=N–C) groups is 1. The summed E-state index contributed by atoms with van der Waals surface area (Å²) in [5, 5.41) is 3.10. The fourth-order valence-electron chi connectivity index (χ4n) is 2.14. The minimum absolute atomic E-state index is 0.00909. The van der Waals surface area contributed by atoms with Gasteiger partial charge in [0, 0.05) is 25.3 Å². The van der Waals surface area contributed by atoms with Crippen molar-refractivity contribution in [2.24, 2.45) is 10.7 Å². The number of hydrogen-bond donors (Lipinski definition) is 2. The Morgan fingerprint density at radius 2 is 2.08 bits per heavy atom. The molecule has 3 N–H and O–H groups in total. The Kier molecular flexibility index (Phi) is 7.74. The zero-order chi connectivity index (χ0) is 19.0. The van der Waals surface area contributed by atoms with E-state index < -0.39 is 5.60 Å². The molecule has 140 valence electrons. The number of nitrogens with one attached hydrogen (secondary N) is 1. The molecule has 25 heavy (non-hydrogen) atoms. The summed E-state index contributed by atoms with van der Waals surface area (Å²) in [6, 6.07) is 8.09. The second-order valence-corrected chi connectivity index (χ2v) is 7.17. The first-order valence-electron chi connectivity index (χ1n) is 8.74. The maximum Gasteiger partial charge on any atom is 0.410 e. The van der Waals surface area contributed by atoms with Crippen LogP contribution in [0, 0.1) is 0 Å². The van der Waals surface area contributed by atoms with Crippen molar-refractivity contribution in [3.63, 3.8) is 0 Å². The van der Waals surface area contributed by atoms with Crippen LogP contribution in [-0.4, -0.2) is 42.2 Å². The van der Waals surface area contributed by atoms with Gasteiger partial charge in [0.1, 0.15) is 5.60 Å². The van der Waals surface area contributed by atoms with Crippen LogP contribution in [0.2, 0.25) is 0 Å². The topological polar surface area (TPSA) is 80.0 Å². The van der Waals surface area contributed by atoms with E-state index in [1.165, 1.54) is 5.56 Å². The fraction of sp³-hybridized carbons (Fsp3) is 0.579. The highest BCUT2D eigenvalue weighted by molar-refractivity contribution is 5.92. The third kappa shape index (κ3) is 7.92. The second kappa shape index (κ2) is 9.30. The van der Waals surface area contributed by atoms with Gasteiger partial charge in [0.15, 0.2) is 5.96 Å². The fourth-order valence-corrected chi connectivity index (χ4v) is 2.14. The molecule has 0 aliphatic rings. The molecule has 0 fully saturated rings. The van der Waals surface area contributed by atoms with Crippen LogP contribution in [0.5, 0.6) is 0 Å². The molecule has 6 heteroatoms. The highest BCUT2D eigenvalue weighted by atomic mass is 16.6. The van der Waals surface area contributed by atoms with Gasteiger partial charge >= 0.3 is 6.09 Å². The molecular weight excluding hydrogens is 316 g/mol. The van der Waals surface area contributed by atoms with Crippen LogP contribution in [0.25, 0.3) is 0 Å². The van der Waals surface area contributed by atoms with E-state index in [0.717, 1.165) is 12.1 Å². The van der Waals surface area contributed by atoms with Gasteiger partial charge in [0.25, 0.3) is 0 Å². The highest BCUT2D eigenvalue weighted by Gasteiger charge is 2.22. The summed E-state index contributed by atoms with van der Waals surface area (Å²) in [5.74, 6) is 0.375. The Labute approximate surface area is 151 Å². The van der Waals surface area contributed by atoms with Crippen molar-refractivity contribution in [2.75, 3.05) is 18.9 Å². The first-order valence-corrected chi connectivity index (χ1v) is 8.74. The summed E-state index contributed by atoms with van der Waals surface area (Å²) in [5.41, 5.74) is 7.61. The van der Waals surface area contributed by atoms with Crippen LogP contribution < -0.4 is 11.1 Å². The summed E-state index contributed by atoms with van der Waals surface area (Å²) in [6.45, 7) is 10.2. The highest BCUT2D eigenvalue weighted by Crippen LogP contribution is 2.12. The lowest BCUT2D eigenvalue weighted by Gasteiger charge is -2.28. The third-order valence-electron chi connectivity index (χ3n) is 3.78. The standard InChI is InChI=1S/C19H32N4O2/c1-7-15-9-8-10-16(13-15)22-17(20)21-12-11-14(2)23(6)18(24)25-19(3,4)5/h8-10,13-14H,7,11-12H2,1-6H3,(H3,20,21,22). The van der Waals surface area contributed by atoms with Gasteiger partial charge in [-0.2, -0.15) is 0 Å². The van der Waals surface area contributed by atoms with Gasteiger partial charge in [-0.3, -0.25) is 4.99 Å². The number of carbonyl (C=O) groups is 1. The minimum atomic E-state index is -0.495. The van der Waals surface area contributed by atoms with Crippen molar-refractivity contribution >= 4 is 17.7 Å². The number of carbonyl (C=O) groups excluding carboxylic acids is 1. The average molecular weight is 348 g/mol. The van der Waals surface area contributed by atoms with Gasteiger partial charge in [0.05, 0.1) is 0 Å². The van der Waals surface area contributed by atoms with Crippen molar-refractivity contribution in [1.29, 1.82) is 0 Å². The molecule has 0 aliphatic carbocycles. The van der Waals surface area contributed by atoms with E-state index in [1.54, 1.807) is 11.9 Å². The van der Waals surface area contributed by atoms with Crippen molar-refractivity contribution in [3.8, 4) is 0 Å². The number of benzene rings is 1. The minimum Gasteiger partial charge on any atom is -0.444 e. The first kappa shape index (κ1) is 20.8. The van der Waals surface area contributed by atoms with Crippen molar-refractivity contribution in [2.45, 2.75) is 59.1 Å². The van der Waals surface area contributed by atoms with Gasteiger partial charge in [-0.25, -0.2) is 4.79 Å². The lowest BCUT2D eigenvalue weighted by molar-refractivity contribution is 0.0231. The van der Waals surface area contributed by atoms with Gasteiger partial charge in [-0.1, -0.05) is 19.1 Å². The van der Waals surface area contributed by atoms with Gasteiger partial charge in [-0.15, -0.1) is 0 Å². The largest absolute Gasteiger partial charge is 0.444 e. The van der Waals surface area contributed by atoms with E-state index in [1.807, 2.05) is 39.8 Å². The molecule has 0 aliphatic heterocycles. The van der Waals surface area contributed by atoms with E-state index in [2.05, 4.69) is 29.4 Å². The SMILES string of the molecule is CCc1cccc(NC(N)=NCCC(C)N(C)C(=O)OC(C)(C)C)c1. The Bertz CT molecular complexity index is 593. The van der Waals surface area contributed by atoms with E-state index in [9.17, 15) is 4.79 Å². The van der Waals surface area contributed by atoms with Gasteiger partial charge in [0.2, 0.25) is 0 Å². The predicted molar refractivity (Wildman–Crippen MR) is 104 cm³/mol. The molecule has 0 saturated carbocycles. The first-order chi connectivity index (χ1) is 11.6. The molecule has 6 nitrogen and oxygen atoms in total. The summed E-state index contributed by atoms with van der Waals surface area (Å²) >= 11 is 0. The summed E-state index contributed by atoms with van der Waals surface area (Å²) < 4.78 is 5.36. The third-order valence-corrected chi connectivity index (χ3v) is 3.78. The van der Waals surface area contributed by atoms with Crippen molar-refractivity contribution in [1.82, 2.24) is 4.90 Å². The quantitative estimate of drug-likeness (QED) is 0.608. The second-order valence-electron chi connectivity index (χ2n) is 7.17. The number of rotatable bonds is 6. The maximum atomic E-state index is 12.0. The smallest absolute Gasteiger partial charge is 0.410 e. The zero-order valence-corrected chi connectivity index (χ0v) is 16.3. The molecule has 1 aromatic rings. The number of hydrogen-bond acceptors (Lipinski definition) is 3. The Morgan fingerprint density at radius 1 is 1.40 bits per heavy atom. The van der Waals surface area contributed by atoms with Crippen LogP contribution in [-0.2, 0) is 11.2 Å². The maximum absolute atomic E-state index is 12.0. The van der Waals surface area contributed by atoms with Crippen LogP contribution in [0.4, 0.5) is 10.5 Å². The van der Waals surface area contributed by atoms with Crippen molar-refractivity contribution < 1.29 is 9.53 Å². The average Bonchev–Trinajstić information content (AvgIpc) is 2.52. The number of guanidine groups is 1. The number of anilines is 1.